The minimum Gasteiger partial charge on any atom is -0.383 e. The van der Waals surface area contributed by atoms with Crippen LogP contribution in [0.15, 0.2) is 0 Å². The molecule has 15 heavy (non-hydrogen) atoms. The number of hydrogen-bond donors (Lipinski definition) is 1. The summed E-state index contributed by atoms with van der Waals surface area (Å²) in [6, 6.07) is 0. The first kappa shape index (κ1) is 14.9. The first-order valence-electron chi connectivity index (χ1n) is 6.19. The van der Waals surface area contributed by atoms with Gasteiger partial charge in [-0.2, -0.15) is 0 Å². The van der Waals surface area contributed by atoms with E-state index >= 15 is 0 Å². The summed E-state index contributed by atoms with van der Waals surface area (Å²) in [6.45, 7) is 6.79. The van der Waals surface area contributed by atoms with Crippen molar-refractivity contribution in [2.75, 3.05) is 40.0 Å². The molecule has 0 atom stereocenters. The summed E-state index contributed by atoms with van der Waals surface area (Å²) in [5.41, 5.74) is 0. The van der Waals surface area contributed by atoms with Gasteiger partial charge in [0, 0.05) is 26.9 Å². The van der Waals surface area contributed by atoms with Crippen molar-refractivity contribution in [2.45, 2.75) is 39.0 Å². The molecule has 0 saturated heterocycles. The highest BCUT2D eigenvalue weighted by Gasteiger charge is 1.90. The lowest BCUT2D eigenvalue weighted by atomic mass is 10.2. The molecular weight excluding hydrogens is 190 g/mol. The average molecular weight is 217 g/mol. The third-order valence-electron chi connectivity index (χ3n) is 2.27. The van der Waals surface area contributed by atoms with Crippen LogP contribution in [0.1, 0.15) is 39.0 Å². The highest BCUT2D eigenvalue weighted by molar-refractivity contribution is 4.46. The second-order valence-electron chi connectivity index (χ2n) is 3.77. The summed E-state index contributed by atoms with van der Waals surface area (Å²) in [7, 11) is 1.72. The topological polar surface area (TPSA) is 30.5 Å². The van der Waals surface area contributed by atoms with Crippen molar-refractivity contribution in [1.82, 2.24) is 5.32 Å². The maximum atomic E-state index is 5.52. The Morgan fingerprint density at radius 2 is 1.67 bits per heavy atom. The number of methoxy groups -OCH3 is 1. The van der Waals surface area contributed by atoms with Gasteiger partial charge in [-0.3, -0.25) is 0 Å². The summed E-state index contributed by atoms with van der Waals surface area (Å²) in [5.74, 6) is 0. The molecule has 0 amide bonds. The van der Waals surface area contributed by atoms with Crippen molar-refractivity contribution >= 4 is 0 Å². The van der Waals surface area contributed by atoms with E-state index in [9.17, 15) is 0 Å². The summed E-state index contributed by atoms with van der Waals surface area (Å²) in [5, 5.41) is 3.29. The largest absolute Gasteiger partial charge is 0.383 e. The van der Waals surface area contributed by atoms with Crippen LogP contribution in [-0.4, -0.2) is 40.0 Å². The lowest BCUT2D eigenvalue weighted by Gasteiger charge is -2.05. The second kappa shape index (κ2) is 13.9. The Labute approximate surface area is 94.5 Å². The van der Waals surface area contributed by atoms with E-state index < -0.39 is 0 Å². The van der Waals surface area contributed by atoms with Gasteiger partial charge in [0.1, 0.15) is 0 Å². The lowest BCUT2D eigenvalue weighted by molar-refractivity contribution is 0.126. The predicted octanol–water partition coefficient (Wildman–Crippen LogP) is 2.21. The Morgan fingerprint density at radius 3 is 2.40 bits per heavy atom. The molecule has 0 spiro atoms. The van der Waals surface area contributed by atoms with Crippen molar-refractivity contribution in [3.8, 4) is 0 Å². The maximum absolute atomic E-state index is 5.52. The molecule has 0 unspecified atom stereocenters. The maximum Gasteiger partial charge on any atom is 0.0587 e. The highest BCUT2D eigenvalue weighted by Crippen LogP contribution is 1.98. The Kier molecular flexibility index (Phi) is 13.8. The molecule has 0 radical (unpaired) electrons. The zero-order chi connectivity index (χ0) is 11.2. The minimum absolute atomic E-state index is 0.790. The van der Waals surface area contributed by atoms with E-state index in [0.717, 1.165) is 39.3 Å². The van der Waals surface area contributed by atoms with Crippen LogP contribution in [0.25, 0.3) is 0 Å². The molecule has 0 heterocycles. The van der Waals surface area contributed by atoms with E-state index in [0.29, 0.717) is 0 Å². The minimum atomic E-state index is 0.790. The van der Waals surface area contributed by atoms with E-state index in [-0.39, 0.29) is 0 Å². The van der Waals surface area contributed by atoms with Crippen LogP contribution in [0.2, 0.25) is 0 Å². The SMILES string of the molecule is CCCCCCOCCCNCCOC. The highest BCUT2D eigenvalue weighted by atomic mass is 16.5. The van der Waals surface area contributed by atoms with Gasteiger partial charge in [-0.05, 0) is 19.4 Å². The number of ether oxygens (including phenoxy) is 2. The third kappa shape index (κ3) is 13.9. The fourth-order valence-corrected chi connectivity index (χ4v) is 1.33. The molecule has 0 aromatic carbocycles. The average Bonchev–Trinajstić information content (AvgIpc) is 2.26. The number of nitrogens with one attached hydrogen (secondary N) is 1. The van der Waals surface area contributed by atoms with Gasteiger partial charge in [0.05, 0.1) is 6.61 Å². The summed E-state index contributed by atoms with van der Waals surface area (Å²) in [6.07, 6.45) is 6.25. The van der Waals surface area contributed by atoms with Crippen LogP contribution in [0.3, 0.4) is 0 Å². The molecule has 0 rings (SSSR count). The fourth-order valence-electron chi connectivity index (χ4n) is 1.33. The normalized spacial score (nSPS) is 10.8. The molecule has 3 nitrogen and oxygen atoms in total. The molecule has 3 heteroatoms. The molecule has 1 N–H and O–H groups in total. The molecule has 92 valence electrons. The monoisotopic (exact) mass is 217 g/mol. The van der Waals surface area contributed by atoms with E-state index in [1.165, 1.54) is 25.7 Å². The van der Waals surface area contributed by atoms with Crippen LogP contribution in [0.5, 0.6) is 0 Å². The second-order valence-corrected chi connectivity index (χ2v) is 3.77. The van der Waals surface area contributed by atoms with E-state index in [2.05, 4.69) is 12.2 Å². The summed E-state index contributed by atoms with van der Waals surface area (Å²) >= 11 is 0. The Morgan fingerprint density at radius 1 is 0.867 bits per heavy atom. The first-order valence-corrected chi connectivity index (χ1v) is 6.19. The Bertz CT molecular complexity index is 97.8. The van der Waals surface area contributed by atoms with Crippen LogP contribution in [0.4, 0.5) is 0 Å². The molecule has 0 aliphatic heterocycles. The molecule has 0 aromatic heterocycles. The van der Waals surface area contributed by atoms with Crippen molar-refractivity contribution < 1.29 is 9.47 Å². The number of unbranched alkanes of at least 4 members (excludes halogenated alkanes) is 3. The predicted molar refractivity (Wildman–Crippen MR) is 64.3 cm³/mol. The van der Waals surface area contributed by atoms with E-state index in [1.807, 2.05) is 0 Å². The van der Waals surface area contributed by atoms with Gasteiger partial charge in [0.15, 0.2) is 0 Å². The molecule has 0 aliphatic carbocycles. The summed E-state index contributed by atoms with van der Waals surface area (Å²) < 4.78 is 10.4. The lowest BCUT2D eigenvalue weighted by Crippen LogP contribution is -2.21. The van der Waals surface area contributed by atoms with Crippen molar-refractivity contribution in [3.05, 3.63) is 0 Å². The van der Waals surface area contributed by atoms with Crippen LogP contribution < -0.4 is 5.32 Å². The van der Waals surface area contributed by atoms with Gasteiger partial charge >= 0.3 is 0 Å². The van der Waals surface area contributed by atoms with Gasteiger partial charge in [-0.15, -0.1) is 0 Å². The van der Waals surface area contributed by atoms with Crippen molar-refractivity contribution in [3.63, 3.8) is 0 Å². The smallest absolute Gasteiger partial charge is 0.0587 e. The van der Waals surface area contributed by atoms with Gasteiger partial charge in [-0.25, -0.2) is 0 Å². The van der Waals surface area contributed by atoms with Crippen LogP contribution >= 0.6 is 0 Å². The molecule has 0 bridgehead atoms. The molecule has 0 saturated carbocycles. The third-order valence-corrected chi connectivity index (χ3v) is 2.27. The zero-order valence-electron chi connectivity index (χ0n) is 10.4. The number of hydrogen-bond acceptors (Lipinski definition) is 3. The van der Waals surface area contributed by atoms with Gasteiger partial charge < -0.3 is 14.8 Å². The Balaban J connectivity index is 2.81. The Hall–Kier alpha value is -0.120. The van der Waals surface area contributed by atoms with Crippen molar-refractivity contribution in [2.24, 2.45) is 0 Å². The standard InChI is InChI=1S/C12H27NO2/c1-3-4-5-6-10-15-11-7-8-13-9-12-14-2/h13H,3-12H2,1-2H3. The number of rotatable bonds is 12. The van der Waals surface area contributed by atoms with Crippen LogP contribution in [0, 0.1) is 0 Å². The summed E-state index contributed by atoms with van der Waals surface area (Å²) in [4.78, 5) is 0. The van der Waals surface area contributed by atoms with E-state index in [1.54, 1.807) is 7.11 Å². The molecule has 0 aromatic rings. The zero-order valence-corrected chi connectivity index (χ0v) is 10.4. The van der Waals surface area contributed by atoms with Crippen LogP contribution in [-0.2, 0) is 9.47 Å². The first-order chi connectivity index (χ1) is 7.41. The molecule has 0 aliphatic rings. The van der Waals surface area contributed by atoms with Gasteiger partial charge in [0.25, 0.3) is 0 Å². The molecule has 0 fully saturated rings. The van der Waals surface area contributed by atoms with Gasteiger partial charge in [-0.1, -0.05) is 26.2 Å². The van der Waals surface area contributed by atoms with Gasteiger partial charge in [0.2, 0.25) is 0 Å². The fraction of sp³-hybridized carbons (Fsp3) is 1.00. The quantitative estimate of drug-likeness (QED) is 0.508. The van der Waals surface area contributed by atoms with E-state index in [4.69, 9.17) is 9.47 Å². The van der Waals surface area contributed by atoms with Crippen molar-refractivity contribution in [1.29, 1.82) is 0 Å². The molecular formula is C12H27NO2.